The molecule has 0 radical (unpaired) electrons. The van der Waals surface area contributed by atoms with Crippen LogP contribution in [0.25, 0.3) is 0 Å². The molecule has 7 heteroatoms. The van der Waals surface area contributed by atoms with Crippen molar-refractivity contribution in [2.75, 3.05) is 20.3 Å². The highest BCUT2D eigenvalue weighted by Crippen LogP contribution is 2.21. The maximum atomic E-state index is 12.3. The number of benzene rings is 1. The highest BCUT2D eigenvalue weighted by molar-refractivity contribution is 6.36. The number of ether oxygens (including phenoxy) is 1. The van der Waals surface area contributed by atoms with E-state index >= 15 is 0 Å². The molecular formula is C16H22Cl2N2O3. The van der Waals surface area contributed by atoms with Crippen LogP contribution in [0.1, 0.15) is 30.6 Å². The summed E-state index contributed by atoms with van der Waals surface area (Å²) in [6, 6.07) is 3.97. The van der Waals surface area contributed by atoms with Gasteiger partial charge in [0.2, 0.25) is 5.91 Å². The highest BCUT2D eigenvalue weighted by atomic mass is 35.5. The van der Waals surface area contributed by atoms with Crippen LogP contribution in [0.4, 0.5) is 0 Å². The SMILES string of the molecule is COCCCNC(=O)[C@@H](NC(=O)c1ccc(Cl)cc1Cl)C(C)C. The summed E-state index contributed by atoms with van der Waals surface area (Å²) in [5, 5.41) is 6.21. The van der Waals surface area contributed by atoms with Crippen LogP contribution in [-0.2, 0) is 9.53 Å². The topological polar surface area (TPSA) is 67.4 Å². The van der Waals surface area contributed by atoms with Gasteiger partial charge in [-0.3, -0.25) is 9.59 Å². The molecule has 1 aromatic rings. The first kappa shape index (κ1) is 19.7. The van der Waals surface area contributed by atoms with Crippen molar-refractivity contribution in [2.24, 2.45) is 5.92 Å². The monoisotopic (exact) mass is 360 g/mol. The van der Waals surface area contributed by atoms with E-state index in [-0.39, 0.29) is 22.4 Å². The van der Waals surface area contributed by atoms with Crippen molar-refractivity contribution in [2.45, 2.75) is 26.3 Å². The Balaban J connectivity index is 2.71. The van der Waals surface area contributed by atoms with Gasteiger partial charge in [0.1, 0.15) is 6.04 Å². The predicted octanol–water partition coefficient (Wildman–Crippen LogP) is 2.90. The largest absolute Gasteiger partial charge is 0.385 e. The lowest BCUT2D eigenvalue weighted by atomic mass is 10.0. The molecule has 0 aliphatic heterocycles. The second kappa shape index (κ2) is 9.75. The molecule has 23 heavy (non-hydrogen) atoms. The van der Waals surface area contributed by atoms with Crippen LogP contribution < -0.4 is 10.6 Å². The Bertz CT molecular complexity index is 550. The first-order valence-electron chi connectivity index (χ1n) is 7.39. The average molecular weight is 361 g/mol. The molecule has 0 saturated heterocycles. The van der Waals surface area contributed by atoms with Crippen LogP contribution in [0.15, 0.2) is 18.2 Å². The molecule has 0 heterocycles. The third-order valence-corrected chi connectivity index (χ3v) is 3.78. The summed E-state index contributed by atoms with van der Waals surface area (Å²) >= 11 is 11.8. The molecular weight excluding hydrogens is 339 g/mol. The summed E-state index contributed by atoms with van der Waals surface area (Å²) in [6.45, 7) is 4.79. The lowest BCUT2D eigenvalue weighted by Gasteiger charge is -2.22. The molecule has 0 aliphatic carbocycles. The van der Waals surface area contributed by atoms with Gasteiger partial charge in [0.25, 0.3) is 5.91 Å². The lowest BCUT2D eigenvalue weighted by molar-refractivity contribution is -0.123. The standard InChI is InChI=1S/C16H22Cl2N2O3/c1-10(2)14(16(22)19-7-4-8-23-3)20-15(21)12-6-5-11(17)9-13(12)18/h5-6,9-10,14H,4,7-8H2,1-3H3,(H,19,22)(H,20,21)/t14-/m0/s1. The van der Waals surface area contributed by atoms with Gasteiger partial charge in [-0.25, -0.2) is 0 Å². The van der Waals surface area contributed by atoms with E-state index in [2.05, 4.69) is 10.6 Å². The van der Waals surface area contributed by atoms with Crippen LogP contribution in [0.5, 0.6) is 0 Å². The molecule has 2 N–H and O–H groups in total. The van der Waals surface area contributed by atoms with Gasteiger partial charge in [0.15, 0.2) is 0 Å². The van der Waals surface area contributed by atoms with E-state index in [1.807, 2.05) is 13.8 Å². The average Bonchev–Trinajstić information content (AvgIpc) is 2.48. The van der Waals surface area contributed by atoms with Gasteiger partial charge in [-0.15, -0.1) is 0 Å². The zero-order valence-corrected chi connectivity index (χ0v) is 15.0. The molecule has 128 valence electrons. The fraction of sp³-hybridized carbons (Fsp3) is 0.500. The summed E-state index contributed by atoms with van der Waals surface area (Å²) in [7, 11) is 1.61. The van der Waals surface area contributed by atoms with E-state index in [4.69, 9.17) is 27.9 Å². The number of rotatable bonds is 8. The Hall–Kier alpha value is -1.30. The molecule has 0 aromatic heterocycles. The van der Waals surface area contributed by atoms with E-state index in [0.29, 0.717) is 24.6 Å². The summed E-state index contributed by atoms with van der Waals surface area (Å²) in [5.41, 5.74) is 0.286. The maximum absolute atomic E-state index is 12.3. The lowest BCUT2D eigenvalue weighted by Crippen LogP contribution is -2.50. The second-order valence-corrected chi connectivity index (χ2v) is 6.30. The van der Waals surface area contributed by atoms with Crippen molar-refractivity contribution in [3.63, 3.8) is 0 Å². The molecule has 1 rings (SSSR count). The smallest absolute Gasteiger partial charge is 0.253 e. The van der Waals surface area contributed by atoms with Crippen molar-refractivity contribution in [1.29, 1.82) is 0 Å². The molecule has 2 amide bonds. The number of nitrogens with one attached hydrogen (secondary N) is 2. The van der Waals surface area contributed by atoms with Crippen molar-refractivity contribution < 1.29 is 14.3 Å². The normalized spacial score (nSPS) is 12.1. The Morgan fingerprint density at radius 2 is 1.96 bits per heavy atom. The molecule has 0 spiro atoms. The first-order chi connectivity index (χ1) is 10.9. The number of halogens is 2. The molecule has 5 nitrogen and oxygen atoms in total. The molecule has 0 unspecified atom stereocenters. The molecule has 0 aliphatic rings. The van der Waals surface area contributed by atoms with Crippen molar-refractivity contribution in [3.05, 3.63) is 33.8 Å². The molecule has 1 aromatic carbocycles. The number of carbonyl (C=O) groups is 2. The number of carbonyl (C=O) groups excluding carboxylic acids is 2. The minimum absolute atomic E-state index is 0.0625. The van der Waals surface area contributed by atoms with E-state index in [9.17, 15) is 9.59 Å². The van der Waals surface area contributed by atoms with Crippen LogP contribution in [0.3, 0.4) is 0 Å². The van der Waals surface area contributed by atoms with Crippen molar-refractivity contribution >= 4 is 35.0 Å². The minimum Gasteiger partial charge on any atom is -0.385 e. The Kier molecular flexibility index (Phi) is 8.37. The fourth-order valence-corrected chi connectivity index (χ4v) is 2.46. The Morgan fingerprint density at radius 1 is 1.26 bits per heavy atom. The van der Waals surface area contributed by atoms with Gasteiger partial charge >= 0.3 is 0 Å². The quantitative estimate of drug-likeness (QED) is 0.700. The number of amides is 2. The zero-order chi connectivity index (χ0) is 17.4. The predicted molar refractivity (Wildman–Crippen MR) is 92.1 cm³/mol. The highest BCUT2D eigenvalue weighted by Gasteiger charge is 2.25. The van der Waals surface area contributed by atoms with Crippen LogP contribution in [0, 0.1) is 5.92 Å². The summed E-state index contributed by atoms with van der Waals surface area (Å²) in [5.74, 6) is -0.695. The molecule has 0 fully saturated rings. The third kappa shape index (κ3) is 6.37. The minimum atomic E-state index is -0.642. The summed E-state index contributed by atoms with van der Waals surface area (Å²) in [6.07, 6.45) is 0.712. The number of hydrogen-bond donors (Lipinski definition) is 2. The molecule has 0 saturated carbocycles. The van der Waals surface area contributed by atoms with Gasteiger partial charge in [-0.05, 0) is 30.5 Å². The number of methoxy groups -OCH3 is 1. The third-order valence-electron chi connectivity index (χ3n) is 3.24. The van der Waals surface area contributed by atoms with Gasteiger partial charge in [0, 0.05) is 25.3 Å². The van der Waals surface area contributed by atoms with Gasteiger partial charge < -0.3 is 15.4 Å². The van der Waals surface area contributed by atoms with Gasteiger partial charge in [-0.2, -0.15) is 0 Å². The molecule has 1 atom stereocenters. The van der Waals surface area contributed by atoms with E-state index in [0.717, 1.165) is 0 Å². The van der Waals surface area contributed by atoms with E-state index < -0.39 is 11.9 Å². The van der Waals surface area contributed by atoms with Crippen molar-refractivity contribution in [1.82, 2.24) is 10.6 Å². The maximum Gasteiger partial charge on any atom is 0.253 e. The van der Waals surface area contributed by atoms with E-state index in [1.54, 1.807) is 13.2 Å². The summed E-state index contributed by atoms with van der Waals surface area (Å²) in [4.78, 5) is 24.6. The van der Waals surface area contributed by atoms with E-state index in [1.165, 1.54) is 12.1 Å². The van der Waals surface area contributed by atoms with Crippen LogP contribution >= 0.6 is 23.2 Å². The van der Waals surface area contributed by atoms with Crippen LogP contribution in [-0.4, -0.2) is 38.1 Å². The Labute approximate surface area is 146 Å². The van der Waals surface area contributed by atoms with Gasteiger partial charge in [0.05, 0.1) is 10.6 Å². The zero-order valence-electron chi connectivity index (χ0n) is 13.5. The second-order valence-electron chi connectivity index (χ2n) is 5.46. The first-order valence-corrected chi connectivity index (χ1v) is 8.15. The number of hydrogen-bond acceptors (Lipinski definition) is 3. The fourth-order valence-electron chi connectivity index (χ4n) is 1.97. The summed E-state index contributed by atoms with van der Waals surface area (Å²) < 4.78 is 4.93. The van der Waals surface area contributed by atoms with Gasteiger partial charge in [-0.1, -0.05) is 37.0 Å². The Morgan fingerprint density at radius 3 is 2.52 bits per heavy atom. The molecule has 0 bridgehead atoms. The van der Waals surface area contributed by atoms with Crippen LogP contribution in [0.2, 0.25) is 10.0 Å². The van der Waals surface area contributed by atoms with Crippen molar-refractivity contribution in [3.8, 4) is 0 Å².